The molecule has 0 spiro atoms. The molecule has 0 bridgehead atoms. The van der Waals surface area contributed by atoms with Crippen molar-refractivity contribution in [3.8, 4) is 17.2 Å². The van der Waals surface area contributed by atoms with Crippen molar-refractivity contribution < 1.29 is 14.6 Å². The number of amides is 1. The van der Waals surface area contributed by atoms with E-state index in [2.05, 4.69) is 45.0 Å². The average molecular weight is 542 g/mol. The molecule has 9 heteroatoms. The first-order valence-electron chi connectivity index (χ1n) is 12.8. The molecule has 1 amide bonds. The number of aromatic hydroxyl groups is 1. The second-order valence-corrected chi connectivity index (χ2v) is 9.88. The fourth-order valence-electron chi connectivity index (χ4n) is 5.25. The standard InChI is InChI=1S/C30H31N5O3S/c1-19-18-23(20(2)35(19)21-11-13-22(36)14-12-21)29-28(25-9-6-7-16-31-25)33-30(39)34(29)17-15-27(37)32-24-8-4-5-10-26(24)38-3/h4-14,16,18,28-29,36H,15,17H2,1-3H3,(H,32,37)(H,33,39). The summed E-state index contributed by atoms with van der Waals surface area (Å²) in [4.78, 5) is 19.7. The monoisotopic (exact) mass is 541 g/mol. The Morgan fingerprint density at radius 3 is 2.56 bits per heavy atom. The number of carbonyl (C=O) groups excluding carboxylic acids is 1. The van der Waals surface area contributed by atoms with Crippen LogP contribution in [-0.2, 0) is 4.79 Å². The van der Waals surface area contributed by atoms with E-state index in [1.165, 1.54) is 0 Å². The number of carbonyl (C=O) groups is 1. The molecular formula is C30H31N5O3S. The minimum atomic E-state index is -0.190. The number of rotatable bonds is 8. The predicted molar refractivity (Wildman–Crippen MR) is 155 cm³/mol. The van der Waals surface area contributed by atoms with E-state index < -0.39 is 0 Å². The maximum atomic E-state index is 13.0. The Bertz CT molecular complexity index is 1490. The van der Waals surface area contributed by atoms with Crippen molar-refractivity contribution in [2.24, 2.45) is 0 Å². The molecule has 3 N–H and O–H groups in total. The summed E-state index contributed by atoms with van der Waals surface area (Å²) in [6, 6.07) is 22.2. The van der Waals surface area contributed by atoms with Crippen LogP contribution in [0.3, 0.4) is 0 Å². The molecule has 5 rings (SSSR count). The van der Waals surface area contributed by atoms with E-state index in [-0.39, 0.29) is 30.2 Å². The van der Waals surface area contributed by atoms with Gasteiger partial charge in [-0.3, -0.25) is 9.78 Å². The molecule has 0 saturated carbocycles. The Balaban J connectivity index is 1.46. The number of nitrogens with one attached hydrogen (secondary N) is 2. The number of hydrogen-bond acceptors (Lipinski definition) is 5. The van der Waals surface area contributed by atoms with Crippen molar-refractivity contribution in [2.45, 2.75) is 32.4 Å². The van der Waals surface area contributed by atoms with Gasteiger partial charge in [-0.1, -0.05) is 18.2 Å². The van der Waals surface area contributed by atoms with E-state index >= 15 is 0 Å². The van der Waals surface area contributed by atoms with Gasteiger partial charge >= 0.3 is 0 Å². The number of anilines is 1. The predicted octanol–water partition coefficient (Wildman–Crippen LogP) is 5.20. The van der Waals surface area contributed by atoms with Crippen LogP contribution in [0.4, 0.5) is 5.69 Å². The molecule has 1 aliphatic heterocycles. The van der Waals surface area contributed by atoms with Gasteiger partial charge in [0.05, 0.1) is 30.6 Å². The van der Waals surface area contributed by atoms with Gasteiger partial charge in [0.1, 0.15) is 11.5 Å². The number of hydrogen-bond donors (Lipinski definition) is 3. The lowest BCUT2D eigenvalue weighted by atomic mass is 9.96. The molecule has 8 nitrogen and oxygen atoms in total. The molecule has 3 heterocycles. The summed E-state index contributed by atoms with van der Waals surface area (Å²) in [5.41, 5.74) is 5.67. The van der Waals surface area contributed by atoms with E-state index in [4.69, 9.17) is 17.0 Å². The summed E-state index contributed by atoms with van der Waals surface area (Å²) in [7, 11) is 1.58. The van der Waals surface area contributed by atoms with E-state index in [0.717, 1.165) is 28.3 Å². The van der Waals surface area contributed by atoms with Crippen molar-refractivity contribution in [3.05, 3.63) is 102 Å². The molecule has 2 aromatic heterocycles. The number of benzene rings is 2. The van der Waals surface area contributed by atoms with Crippen LogP contribution in [0, 0.1) is 13.8 Å². The quantitative estimate of drug-likeness (QED) is 0.264. The number of methoxy groups -OCH3 is 1. The molecule has 0 aliphatic carbocycles. The van der Waals surface area contributed by atoms with E-state index in [1.807, 2.05) is 54.6 Å². The van der Waals surface area contributed by atoms with Crippen LogP contribution in [-0.4, -0.2) is 44.2 Å². The minimum Gasteiger partial charge on any atom is -0.508 e. The lowest BCUT2D eigenvalue weighted by Gasteiger charge is -2.28. The Morgan fingerprint density at radius 1 is 1.10 bits per heavy atom. The first kappa shape index (κ1) is 26.2. The molecule has 39 heavy (non-hydrogen) atoms. The Kier molecular flexibility index (Phi) is 7.51. The average Bonchev–Trinajstić information content (AvgIpc) is 3.43. The van der Waals surface area contributed by atoms with Gasteiger partial charge in [0, 0.05) is 36.2 Å². The lowest BCUT2D eigenvalue weighted by molar-refractivity contribution is -0.116. The van der Waals surface area contributed by atoms with Crippen LogP contribution in [0.15, 0.2) is 79.0 Å². The van der Waals surface area contributed by atoms with Crippen molar-refractivity contribution >= 4 is 28.9 Å². The van der Waals surface area contributed by atoms with Crippen LogP contribution in [0.2, 0.25) is 0 Å². The zero-order valence-corrected chi connectivity index (χ0v) is 22.9. The number of aromatic nitrogens is 2. The Morgan fingerprint density at radius 2 is 1.85 bits per heavy atom. The van der Waals surface area contributed by atoms with Crippen LogP contribution >= 0.6 is 12.2 Å². The molecule has 2 aromatic carbocycles. The van der Waals surface area contributed by atoms with Crippen molar-refractivity contribution in [1.29, 1.82) is 0 Å². The van der Waals surface area contributed by atoms with E-state index in [0.29, 0.717) is 23.1 Å². The molecule has 2 unspecified atom stereocenters. The van der Waals surface area contributed by atoms with Gasteiger partial charge in [-0.15, -0.1) is 0 Å². The van der Waals surface area contributed by atoms with Crippen LogP contribution in [0.1, 0.15) is 41.1 Å². The van der Waals surface area contributed by atoms with Gasteiger partial charge in [-0.25, -0.2) is 0 Å². The lowest BCUT2D eigenvalue weighted by Crippen LogP contribution is -2.33. The summed E-state index contributed by atoms with van der Waals surface area (Å²) in [5, 5.41) is 16.8. The number of nitrogens with zero attached hydrogens (tertiary/aromatic N) is 3. The summed E-state index contributed by atoms with van der Waals surface area (Å²) in [6.07, 6.45) is 2.02. The van der Waals surface area contributed by atoms with E-state index in [9.17, 15) is 9.90 Å². The number of aryl methyl sites for hydroxylation is 1. The largest absolute Gasteiger partial charge is 0.508 e. The van der Waals surface area contributed by atoms with Gasteiger partial charge in [-0.2, -0.15) is 0 Å². The highest BCUT2D eigenvalue weighted by molar-refractivity contribution is 7.80. The minimum absolute atomic E-state index is 0.128. The third kappa shape index (κ3) is 5.31. The second-order valence-electron chi connectivity index (χ2n) is 9.50. The summed E-state index contributed by atoms with van der Waals surface area (Å²) in [5.74, 6) is 0.704. The number of phenols is 1. The zero-order valence-electron chi connectivity index (χ0n) is 22.1. The smallest absolute Gasteiger partial charge is 0.226 e. The Hall–Kier alpha value is -4.37. The SMILES string of the molecule is COc1ccccc1NC(=O)CCN1C(=S)NC(c2ccccn2)C1c1cc(C)n(-c2ccc(O)cc2)c1C. The van der Waals surface area contributed by atoms with Crippen LogP contribution in [0.5, 0.6) is 11.5 Å². The highest BCUT2D eigenvalue weighted by Gasteiger charge is 2.41. The van der Waals surface area contributed by atoms with Crippen molar-refractivity contribution in [2.75, 3.05) is 19.0 Å². The summed E-state index contributed by atoms with van der Waals surface area (Å²) < 4.78 is 7.53. The van der Waals surface area contributed by atoms with Gasteiger partial charge in [0.15, 0.2) is 5.11 Å². The molecule has 1 fully saturated rings. The van der Waals surface area contributed by atoms with Crippen LogP contribution in [0.25, 0.3) is 5.69 Å². The number of para-hydroxylation sites is 2. The third-order valence-electron chi connectivity index (χ3n) is 7.06. The Labute approximate surface area is 233 Å². The van der Waals surface area contributed by atoms with Gasteiger partial charge in [-0.05, 0) is 86.2 Å². The molecule has 2 atom stereocenters. The number of pyridine rings is 1. The number of ether oxygens (including phenoxy) is 1. The first-order valence-corrected chi connectivity index (χ1v) is 13.2. The van der Waals surface area contributed by atoms with E-state index in [1.54, 1.807) is 25.4 Å². The van der Waals surface area contributed by atoms with Gasteiger partial charge in [0.25, 0.3) is 0 Å². The first-order chi connectivity index (χ1) is 18.9. The van der Waals surface area contributed by atoms with Gasteiger partial charge < -0.3 is 29.9 Å². The molecule has 4 aromatic rings. The summed E-state index contributed by atoms with van der Waals surface area (Å²) >= 11 is 5.81. The van der Waals surface area contributed by atoms with Crippen molar-refractivity contribution in [3.63, 3.8) is 0 Å². The molecule has 1 saturated heterocycles. The highest BCUT2D eigenvalue weighted by Crippen LogP contribution is 2.41. The normalized spacial score (nSPS) is 16.7. The van der Waals surface area contributed by atoms with Crippen LogP contribution < -0.4 is 15.4 Å². The topological polar surface area (TPSA) is 91.7 Å². The number of phenolic OH excluding ortho intramolecular Hbond substituents is 1. The van der Waals surface area contributed by atoms with Crippen molar-refractivity contribution in [1.82, 2.24) is 19.8 Å². The van der Waals surface area contributed by atoms with Gasteiger partial charge in [0.2, 0.25) is 5.91 Å². The molecule has 0 radical (unpaired) electrons. The second kappa shape index (κ2) is 11.2. The molecular weight excluding hydrogens is 510 g/mol. The summed E-state index contributed by atoms with van der Waals surface area (Å²) in [6.45, 7) is 4.56. The molecule has 200 valence electrons. The molecule has 1 aliphatic rings. The fraction of sp³-hybridized carbons (Fsp3) is 0.233. The maximum Gasteiger partial charge on any atom is 0.226 e. The third-order valence-corrected chi connectivity index (χ3v) is 7.41. The zero-order chi connectivity index (χ0) is 27.5. The maximum absolute atomic E-state index is 13.0. The number of thiocarbonyl (C=S) groups is 1. The highest BCUT2D eigenvalue weighted by atomic mass is 32.1. The fourth-order valence-corrected chi connectivity index (χ4v) is 5.59.